The third-order valence-electron chi connectivity index (χ3n) is 2.25. The van der Waals surface area contributed by atoms with Gasteiger partial charge < -0.3 is 4.74 Å². The van der Waals surface area contributed by atoms with E-state index in [0.29, 0.717) is 17.3 Å². The van der Waals surface area contributed by atoms with E-state index in [9.17, 15) is 9.59 Å². The molecule has 1 aromatic rings. The first-order valence-electron chi connectivity index (χ1n) is 5.92. The van der Waals surface area contributed by atoms with Gasteiger partial charge in [0.2, 0.25) is 0 Å². The van der Waals surface area contributed by atoms with Gasteiger partial charge in [0, 0.05) is 0 Å². The van der Waals surface area contributed by atoms with E-state index < -0.39 is 11.9 Å². The van der Waals surface area contributed by atoms with Crippen LogP contribution in [-0.2, 0) is 4.84 Å². The van der Waals surface area contributed by atoms with Crippen LogP contribution in [0.25, 0.3) is 0 Å². The van der Waals surface area contributed by atoms with Crippen molar-refractivity contribution in [3.8, 4) is 5.75 Å². The molecule has 0 aliphatic carbocycles. The Kier molecular flexibility index (Phi) is 6.11. The summed E-state index contributed by atoms with van der Waals surface area (Å²) in [5, 5.41) is 3.30. The maximum absolute atomic E-state index is 12.3. The van der Waals surface area contributed by atoms with E-state index in [1.165, 1.54) is 13.2 Å². The molecule has 1 aromatic carbocycles. The van der Waals surface area contributed by atoms with Crippen molar-refractivity contribution in [1.29, 1.82) is 5.53 Å². The second-order valence-electron chi connectivity index (χ2n) is 3.66. The summed E-state index contributed by atoms with van der Waals surface area (Å²) >= 11 is 0. The van der Waals surface area contributed by atoms with Crippen molar-refractivity contribution in [2.45, 2.75) is 13.3 Å². The van der Waals surface area contributed by atoms with E-state index in [1.807, 2.05) is 6.92 Å². The summed E-state index contributed by atoms with van der Waals surface area (Å²) < 4.78 is 5.08. The second kappa shape index (κ2) is 7.85. The van der Waals surface area contributed by atoms with Crippen LogP contribution >= 0.6 is 0 Å². The molecule has 0 saturated heterocycles. The van der Waals surface area contributed by atoms with Gasteiger partial charge in [0.05, 0.1) is 19.3 Å². The normalized spacial score (nSPS) is 9.70. The molecular formula is C12H16N4O4. The lowest BCUT2D eigenvalue weighted by Gasteiger charge is -2.21. The number of hydrogen-bond donors (Lipinski definition) is 2. The Morgan fingerprint density at radius 2 is 2.10 bits per heavy atom. The third kappa shape index (κ3) is 4.02. The molecular weight excluding hydrogens is 264 g/mol. The van der Waals surface area contributed by atoms with Crippen molar-refractivity contribution in [1.82, 2.24) is 10.6 Å². The Bertz CT molecular complexity index is 492. The summed E-state index contributed by atoms with van der Waals surface area (Å²) in [6.45, 7) is 2.07. The smallest absolute Gasteiger partial charge is 0.379 e. The average Bonchev–Trinajstić information content (AvgIpc) is 2.50. The topological polar surface area (TPSA) is 104 Å². The fourth-order valence-electron chi connectivity index (χ4n) is 1.37. The molecule has 0 atom stereocenters. The highest BCUT2D eigenvalue weighted by molar-refractivity contribution is 5.97. The van der Waals surface area contributed by atoms with Crippen LogP contribution < -0.4 is 10.2 Å². The lowest BCUT2D eigenvalue weighted by molar-refractivity contribution is -0.146. The van der Waals surface area contributed by atoms with E-state index in [-0.39, 0.29) is 12.2 Å². The monoisotopic (exact) mass is 280 g/mol. The van der Waals surface area contributed by atoms with E-state index in [0.717, 1.165) is 0 Å². The van der Waals surface area contributed by atoms with Gasteiger partial charge in [-0.3, -0.25) is 9.63 Å². The van der Waals surface area contributed by atoms with Crippen molar-refractivity contribution in [2.75, 3.05) is 13.7 Å². The summed E-state index contributed by atoms with van der Waals surface area (Å²) in [6.07, 6.45) is 0.642. The molecule has 0 heterocycles. The molecule has 0 aromatic heterocycles. The molecule has 108 valence electrons. The number of para-hydroxylation sites is 1. The van der Waals surface area contributed by atoms with Gasteiger partial charge in [0.25, 0.3) is 0 Å². The van der Waals surface area contributed by atoms with Crippen LogP contribution in [0.1, 0.15) is 23.7 Å². The minimum absolute atomic E-state index is 0.219. The minimum atomic E-state index is -1.01. The van der Waals surface area contributed by atoms with Gasteiger partial charge in [-0.25, -0.2) is 10.2 Å². The molecule has 2 N–H and O–H groups in total. The number of nitrogens with zero attached hydrogens (tertiary/aromatic N) is 2. The van der Waals surface area contributed by atoms with Crippen molar-refractivity contribution in [3.63, 3.8) is 0 Å². The Labute approximate surface area is 116 Å². The van der Waals surface area contributed by atoms with E-state index in [4.69, 9.17) is 15.1 Å². The zero-order chi connectivity index (χ0) is 15.0. The molecule has 0 bridgehead atoms. The maximum Gasteiger partial charge on any atom is 0.379 e. The van der Waals surface area contributed by atoms with Gasteiger partial charge in [-0.1, -0.05) is 24.2 Å². The second-order valence-corrected chi connectivity index (χ2v) is 3.66. The summed E-state index contributed by atoms with van der Waals surface area (Å²) in [4.78, 5) is 28.5. The van der Waals surface area contributed by atoms with Crippen LogP contribution in [-0.4, -0.2) is 30.8 Å². The van der Waals surface area contributed by atoms with Crippen LogP contribution in [0.4, 0.5) is 4.79 Å². The quantitative estimate of drug-likeness (QED) is 0.636. The first-order chi connectivity index (χ1) is 9.63. The summed E-state index contributed by atoms with van der Waals surface area (Å²) in [5.41, 5.74) is 8.88. The van der Waals surface area contributed by atoms with Gasteiger partial charge in [-0.05, 0) is 18.6 Å². The number of hydrazine groups is 1. The zero-order valence-corrected chi connectivity index (χ0v) is 11.3. The molecule has 0 aliphatic rings. The summed E-state index contributed by atoms with van der Waals surface area (Å²) in [6, 6.07) is 5.51. The van der Waals surface area contributed by atoms with Crippen LogP contribution in [0.3, 0.4) is 0 Å². The van der Waals surface area contributed by atoms with Crippen molar-refractivity contribution < 1.29 is 19.2 Å². The van der Waals surface area contributed by atoms with Gasteiger partial charge in [0.15, 0.2) is 0 Å². The number of carbonyl (C=O) groups excluding carboxylic acids is 2. The first-order valence-corrected chi connectivity index (χ1v) is 5.92. The molecule has 0 aliphatic heterocycles. The molecule has 0 unspecified atom stereocenters. The summed E-state index contributed by atoms with van der Waals surface area (Å²) in [7, 11) is 1.43. The van der Waals surface area contributed by atoms with Crippen LogP contribution in [0.5, 0.6) is 5.75 Å². The maximum atomic E-state index is 12.3. The standard InChI is InChI=1S/C12H16N4O4/c1-3-8-20-16(15-12(18)14-13)11(17)9-6-4-5-7-10(9)19-2/h4-7,13H,3,8H2,1-2H3,(H,15,18). The minimum Gasteiger partial charge on any atom is -0.496 e. The number of benzene rings is 1. The molecule has 0 fully saturated rings. The van der Waals surface area contributed by atoms with Crippen molar-refractivity contribution >= 4 is 11.9 Å². The first kappa shape index (κ1) is 15.6. The number of hydrogen-bond acceptors (Lipinski definition) is 5. The van der Waals surface area contributed by atoms with Gasteiger partial charge in [-0.15, -0.1) is 5.17 Å². The molecule has 8 nitrogen and oxygen atoms in total. The number of rotatable bonds is 5. The van der Waals surface area contributed by atoms with Gasteiger partial charge in [0.1, 0.15) is 5.75 Å². The van der Waals surface area contributed by atoms with Crippen molar-refractivity contribution in [2.24, 2.45) is 5.11 Å². The van der Waals surface area contributed by atoms with E-state index >= 15 is 0 Å². The third-order valence-corrected chi connectivity index (χ3v) is 2.25. The number of nitrogens with one attached hydrogen (secondary N) is 2. The number of ether oxygens (including phenoxy) is 1. The van der Waals surface area contributed by atoms with Crippen LogP contribution in [0.2, 0.25) is 0 Å². The fourth-order valence-corrected chi connectivity index (χ4v) is 1.37. The number of carbonyl (C=O) groups is 2. The predicted molar refractivity (Wildman–Crippen MR) is 69.1 cm³/mol. The van der Waals surface area contributed by atoms with Crippen molar-refractivity contribution in [3.05, 3.63) is 29.8 Å². The van der Waals surface area contributed by atoms with E-state index in [2.05, 4.69) is 10.5 Å². The molecule has 0 radical (unpaired) electrons. The fraction of sp³-hybridized carbons (Fsp3) is 0.333. The molecule has 0 saturated carbocycles. The highest BCUT2D eigenvalue weighted by Crippen LogP contribution is 2.18. The van der Waals surface area contributed by atoms with Crippen LogP contribution in [0.15, 0.2) is 29.4 Å². The molecule has 8 heteroatoms. The number of hydroxylamine groups is 1. The zero-order valence-electron chi connectivity index (χ0n) is 11.3. The highest BCUT2D eigenvalue weighted by Gasteiger charge is 2.22. The average molecular weight is 280 g/mol. The van der Waals surface area contributed by atoms with E-state index in [1.54, 1.807) is 18.2 Å². The lowest BCUT2D eigenvalue weighted by atomic mass is 10.2. The Morgan fingerprint density at radius 3 is 2.70 bits per heavy atom. The predicted octanol–water partition coefficient (Wildman–Crippen LogP) is 2.13. The number of methoxy groups -OCH3 is 1. The highest BCUT2D eigenvalue weighted by atomic mass is 16.7. The molecule has 0 spiro atoms. The molecule has 3 amide bonds. The Morgan fingerprint density at radius 1 is 1.40 bits per heavy atom. The molecule has 1 rings (SSSR count). The van der Waals surface area contributed by atoms with Crippen LogP contribution in [0, 0.1) is 5.53 Å². The number of amides is 3. The molecule has 20 heavy (non-hydrogen) atoms. The number of urea groups is 1. The van der Waals surface area contributed by atoms with Gasteiger partial charge >= 0.3 is 11.9 Å². The van der Waals surface area contributed by atoms with Gasteiger partial charge in [-0.2, -0.15) is 5.53 Å². The Hall–Kier alpha value is -2.48. The summed E-state index contributed by atoms with van der Waals surface area (Å²) in [5.74, 6) is -0.271. The SMILES string of the molecule is CCCON(NC(=O)N=N)C(=O)c1ccccc1OC. The largest absolute Gasteiger partial charge is 0.496 e. The lowest BCUT2D eigenvalue weighted by Crippen LogP contribution is -2.45. The Balaban J connectivity index is 2.96.